The van der Waals surface area contributed by atoms with E-state index in [-0.39, 0.29) is 29.9 Å². The number of amides is 1. The van der Waals surface area contributed by atoms with E-state index >= 15 is 0 Å². The van der Waals surface area contributed by atoms with Crippen molar-refractivity contribution in [2.24, 2.45) is 22.6 Å². The third-order valence-electron chi connectivity index (χ3n) is 5.41. The summed E-state index contributed by atoms with van der Waals surface area (Å²) in [6.07, 6.45) is 6.47. The SMILES string of the molecule is CCNC(=NCCCN1CCC(C)CC1)N1CCCC(CC(N)=O)C1.I. The Morgan fingerprint density at radius 2 is 1.96 bits per heavy atom. The van der Waals surface area contributed by atoms with Crippen LogP contribution in [0.4, 0.5) is 0 Å². The third-order valence-corrected chi connectivity index (χ3v) is 5.41. The molecular formula is C19H38IN5O. The van der Waals surface area contributed by atoms with Crippen LogP contribution in [-0.2, 0) is 4.79 Å². The minimum atomic E-state index is -0.190. The molecule has 2 saturated heterocycles. The molecule has 1 atom stereocenters. The van der Waals surface area contributed by atoms with Gasteiger partial charge in [0, 0.05) is 32.6 Å². The van der Waals surface area contributed by atoms with Gasteiger partial charge >= 0.3 is 0 Å². The van der Waals surface area contributed by atoms with Gasteiger partial charge in [-0.1, -0.05) is 6.92 Å². The minimum absolute atomic E-state index is 0. The van der Waals surface area contributed by atoms with Gasteiger partial charge in [0.2, 0.25) is 5.91 Å². The number of aliphatic imine (C=N–C) groups is 1. The number of hydrogen-bond acceptors (Lipinski definition) is 3. The van der Waals surface area contributed by atoms with Gasteiger partial charge in [-0.05, 0) is 70.5 Å². The molecule has 0 aromatic rings. The van der Waals surface area contributed by atoms with Gasteiger partial charge in [-0.25, -0.2) is 0 Å². The number of guanidine groups is 1. The van der Waals surface area contributed by atoms with E-state index in [0.717, 1.165) is 63.9 Å². The first-order valence-corrected chi connectivity index (χ1v) is 10.1. The van der Waals surface area contributed by atoms with E-state index in [1.807, 2.05) is 0 Å². The van der Waals surface area contributed by atoms with Crippen molar-refractivity contribution in [1.82, 2.24) is 15.1 Å². The molecule has 2 fully saturated rings. The first-order chi connectivity index (χ1) is 12.1. The highest BCUT2D eigenvalue weighted by molar-refractivity contribution is 14.0. The van der Waals surface area contributed by atoms with Crippen molar-refractivity contribution in [2.75, 3.05) is 45.8 Å². The second kappa shape index (κ2) is 12.8. The second-order valence-electron chi connectivity index (χ2n) is 7.74. The summed E-state index contributed by atoms with van der Waals surface area (Å²) in [6.45, 7) is 11.7. The van der Waals surface area contributed by atoms with Gasteiger partial charge in [0.05, 0.1) is 0 Å². The molecule has 0 spiro atoms. The van der Waals surface area contributed by atoms with Crippen LogP contribution in [0.3, 0.4) is 0 Å². The zero-order valence-corrected chi connectivity index (χ0v) is 18.9. The van der Waals surface area contributed by atoms with Crippen molar-refractivity contribution in [3.63, 3.8) is 0 Å². The number of nitrogens with one attached hydrogen (secondary N) is 1. The molecule has 0 aliphatic carbocycles. The molecule has 2 heterocycles. The number of carbonyl (C=O) groups excluding carboxylic acids is 1. The number of nitrogens with zero attached hydrogens (tertiary/aromatic N) is 3. The average Bonchev–Trinajstić information content (AvgIpc) is 2.59. The molecule has 7 heteroatoms. The fourth-order valence-electron chi connectivity index (χ4n) is 3.90. The van der Waals surface area contributed by atoms with Crippen molar-refractivity contribution in [1.29, 1.82) is 0 Å². The van der Waals surface area contributed by atoms with E-state index in [4.69, 9.17) is 10.7 Å². The average molecular weight is 479 g/mol. The molecular weight excluding hydrogens is 441 g/mol. The number of likely N-dealkylation sites (tertiary alicyclic amines) is 2. The van der Waals surface area contributed by atoms with E-state index in [9.17, 15) is 4.79 Å². The van der Waals surface area contributed by atoms with Crippen LogP contribution in [0.1, 0.15) is 52.4 Å². The normalized spacial score (nSPS) is 22.8. The predicted molar refractivity (Wildman–Crippen MR) is 119 cm³/mol. The van der Waals surface area contributed by atoms with Crippen LogP contribution in [0.2, 0.25) is 0 Å². The highest BCUT2D eigenvalue weighted by Crippen LogP contribution is 2.19. The maximum Gasteiger partial charge on any atom is 0.217 e. The standard InChI is InChI=1S/C19H37N5O.HI/c1-3-21-19(24-11-4-6-17(15-24)14-18(20)25)22-9-5-10-23-12-7-16(2)8-13-23;/h16-17H,3-15H2,1-2H3,(H2,20,25)(H,21,22);1H. The fourth-order valence-corrected chi connectivity index (χ4v) is 3.90. The van der Waals surface area contributed by atoms with Crippen LogP contribution in [0, 0.1) is 11.8 Å². The summed E-state index contributed by atoms with van der Waals surface area (Å²) in [5.41, 5.74) is 5.37. The highest BCUT2D eigenvalue weighted by Gasteiger charge is 2.23. The van der Waals surface area contributed by atoms with E-state index < -0.39 is 0 Å². The van der Waals surface area contributed by atoms with E-state index in [2.05, 4.69) is 29.0 Å². The van der Waals surface area contributed by atoms with Gasteiger partial charge in [-0.15, -0.1) is 24.0 Å². The predicted octanol–water partition coefficient (Wildman–Crippen LogP) is 2.28. The zero-order chi connectivity index (χ0) is 18.1. The molecule has 26 heavy (non-hydrogen) atoms. The Labute approximate surface area is 176 Å². The first kappa shape index (κ1) is 23.5. The Balaban J connectivity index is 0.00000338. The summed E-state index contributed by atoms with van der Waals surface area (Å²) >= 11 is 0. The molecule has 2 aliphatic rings. The quantitative estimate of drug-likeness (QED) is 0.254. The first-order valence-electron chi connectivity index (χ1n) is 10.1. The maximum absolute atomic E-state index is 11.2. The molecule has 0 saturated carbocycles. The molecule has 1 unspecified atom stereocenters. The Morgan fingerprint density at radius 3 is 2.62 bits per heavy atom. The van der Waals surface area contributed by atoms with Gasteiger partial charge in [0.25, 0.3) is 0 Å². The van der Waals surface area contributed by atoms with E-state index in [1.165, 1.54) is 25.9 Å². The number of piperidine rings is 2. The van der Waals surface area contributed by atoms with Crippen LogP contribution in [0.25, 0.3) is 0 Å². The van der Waals surface area contributed by atoms with Gasteiger partial charge in [-0.2, -0.15) is 0 Å². The Bertz CT molecular complexity index is 438. The minimum Gasteiger partial charge on any atom is -0.370 e. The Morgan fingerprint density at radius 1 is 1.23 bits per heavy atom. The van der Waals surface area contributed by atoms with Gasteiger partial charge < -0.3 is 20.9 Å². The van der Waals surface area contributed by atoms with Crippen molar-refractivity contribution in [2.45, 2.75) is 52.4 Å². The lowest BCUT2D eigenvalue weighted by Crippen LogP contribution is -2.47. The Hall–Kier alpha value is -0.570. The number of carbonyl (C=O) groups is 1. The van der Waals surface area contributed by atoms with Crippen molar-refractivity contribution < 1.29 is 4.79 Å². The number of halogens is 1. The molecule has 6 nitrogen and oxygen atoms in total. The monoisotopic (exact) mass is 479 g/mol. The molecule has 1 amide bonds. The van der Waals surface area contributed by atoms with Crippen molar-refractivity contribution in [3.8, 4) is 0 Å². The smallest absolute Gasteiger partial charge is 0.217 e. The van der Waals surface area contributed by atoms with Crippen LogP contribution < -0.4 is 11.1 Å². The number of hydrogen-bond donors (Lipinski definition) is 2. The number of nitrogens with two attached hydrogens (primary N) is 1. The molecule has 0 aromatic carbocycles. The highest BCUT2D eigenvalue weighted by atomic mass is 127. The van der Waals surface area contributed by atoms with Crippen molar-refractivity contribution in [3.05, 3.63) is 0 Å². The van der Waals surface area contributed by atoms with E-state index in [1.54, 1.807) is 0 Å². The van der Waals surface area contributed by atoms with Crippen LogP contribution >= 0.6 is 24.0 Å². The van der Waals surface area contributed by atoms with E-state index in [0.29, 0.717) is 12.3 Å². The van der Waals surface area contributed by atoms with Gasteiger partial charge in [0.1, 0.15) is 0 Å². The molecule has 3 N–H and O–H groups in total. The molecule has 0 aromatic heterocycles. The summed E-state index contributed by atoms with van der Waals surface area (Å²) < 4.78 is 0. The molecule has 152 valence electrons. The molecule has 0 bridgehead atoms. The lowest BCUT2D eigenvalue weighted by Gasteiger charge is -2.34. The summed E-state index contributed by atoms with van der Waals surface area (Å²) in [5.74, 6) is 2.07. The summed E-state index contributed by atoms with van der Waals surface area (Å²) in [5, 5.41) is 3.42. The third kappa shape index (κ3) is 8.41. The zero-order valence-electron chi connectivity index (χ0n) is 16.6. The van der Waals surface area contributed by atoms with Gasteiger partial charge in [-0.3, -0.25) is 9.79 Å². The summed E-state index contributed by atoms with van der Waals surface area (Å²) in [4.78, 5) is 20.9. The Kier molecular flexibility index (Phi) is 11.5. The summed E-state index contributed by atoms with van der Waals surface area (Å²) in [7, 11) is 0. The fraction of sp³-hybridized carbons (Fsp3) is 0.895. The summed E-state index contributed by atoms with van der Waals surface area (Å²) in [6, 6.07) is 0. The van der Waals surface area contributed by atoms with Gasteiger partial charge in [0.15, 0.2) is 5.96 Å². The lowest BCUT2D eigenvalue weighted by atomic mass is 9.95. The second-order valence-corrected chi connectivity index (χ2v) is 7.74. The lowest BCUT2D eigenvalue weighted by molar-refractivity contribution is -0.119. The number of primary amides is 1. The number of rotatable bonds is 7. The van der Waals surface area contributed by atoms with Crippen LogP contribution in [0.15, 0.2) is 4.99 Å². The molecule has 2 aliphatic heterocycles. The van der Waals surface area contributed by atoms with Crippen LogP contribution in [-0.4, -0.2) is 67.5 Å². The maximum atomic E-state index is 11.2. The largest absolute Gasteiger partial charge is 0.370 e. The van der Waals surface area contributed by atoms with Crippen LogP contribution in [0.5, 0.6) is 0 Å². The van der Waals surface area contributed by atoms with Crippen molar-refractivity contribution >= 4 is 35.8 Å². The molecule has 2 rings (SSSR count). The topological polar surface area (TPSA) is 74.0 Å². The molecule has 0 radical (unpaired) electrons.